The number of methoxy groups -OCH3 is 1. The summed E-state index contributed by atoms with van der Waals surface area (Å²) < 4.78 is 10.9. The van der Waals surface area contributed by atoms with Gasteiger partial charge in [-0.25, -0.2) is 0 Å². The van der Waals surface area contributed by atoms with Crippen LogP contribution in [-0.4, -0.2) is 31.5 Å². The summed E-state index contributed by atoms with van der Waals surface area (Å²) in [4.78, 5) is 0. The lowest BCUT2D eigenvalue weighted by atomic mass is 9.85. The van der Waals surface area contributed by atoms with Gasteiger partial charge >= 0.3 is 0 Å². The van der Waals surface area contributed by atoms with Crippen LogP contribution in [0.1, 0.15) is 38.2 Å². The Morgan fingerprint density at radius 1 is 1.32 bits per heavy atom. The maximum Gasteiger partial charge on any atom is 0.179 e. The van der Waals surface area contributed by atoms with Crippen molar-refractivity contribution in [3.8, 4) is 11.5 Å². The fourth-order valence-electron chi connectivity index (χ4n) is 3.13. The molecule has 0 amide bonds. The molecule has 1 aliphatic rings. The van der Waals surface area contributed by atoms with Crippen molar-refractivity contribution >= 4 is 11.6 Å². The molecule has 2 rings (SSSR count). The van der Waals surface area contributed by atoms with Gasteiger partial charge in [-0.05, 0) is 43.4 Å². The average molecular weight is 328 g/mol. The van der Waals surface area contributed by atoms with Crippen LogP contribution in [0.25, 0.3) is 0 Å². The molecule has 2 N–H and O–H groups in total. The van der Waals surface area contributed by atoms with E-state index in [9.17, 15) is 5.11 Å². The molecule has 22 heavy (non-hydrogen) atoms. The third kappa shape index (κ3) is 4.28. The molecule has 2 atom stereocenters. The lowest BCUT2D eigenvalue weighted by molar-refractivity contribution is 0.152. The van der Waals surface area contributed by atoms with Crippen LogP contribution < -0.4 is 14.8 Å². The van der Waals surface area contributed by atoms with Crippen LogP contribution in [0.15, 0.2) is 12.1 Å². The van der Waals surface area contributed by atoms with Gasteiger partial charge in [0.25, 0.3) is 0 Å². The predicted octanol–water partition coefficient (Wildman–Crippen LogP) is 3.39. The van der Waals surface area contributed by atoms with Gasteiger partial charge in [-0.15, -0.1) is 0 Å². The Kier molecular flexibility index (Phi) is 6.80. The molecular weight excluding hydrogens is 302 g/mol. The van der Waals surface area contributed by atoms with Gasteiger partial charge in [-0.1, -0.05) is 24.4 Å². The number of nitrogens with one attached hydrogen (secondary N) is 1. The number of hydrogen-bond donors (Lipinski definition) is 2. The Labute approximate surface area is 137 Å². The zero-order valence-electron chi connectivity index (χ0n) is 13.4. The van der Waals surface area contributed by atoms with E-state index in [4.69, 9.17) is 21.1 Å². The molecule has 0 saturated heterocycles. The van der Waals surface area contributed by atoms with E-state index >= 15 is 0 Å². The number of hydrogen-bond acceptors (Lipinski definition) is 4. The number of aliphatic hydroxyl groups is 1. The van der Waals surface area contributed by atoms with E-state index in [2.05, 4.69) is 5.32 Å². The minimum atomic E-state index is 0.255. The summed E-state index contributed by atoms with van der Waals surface area (Å²) in [6.07, 6.45) is 4.66. The van der Waals surface area contributed by atoms with Crippen molar-refractivity contribution in [2.24, 2.45) is 5.92 Å². The summed E-state index contributed by atoms with van der Waals surface area (Å²) in [6, 6.07) is 4.25. The van der Waals surface area contributed by atoms with Crippen molar-refractivity contribution in [2.75, 3.05) is 20.3 Å². The average Bonchev–Trinajstić information content (AvgIpc) is 2.53. The molecule has 1 aromatic rings. The molecule has 0 radical (unpaired) electrons. The topological polar surface area (TPSA) is 50.7 Å². The Balaban J connectivity index is 2.05. The van der Waals surface area contributed by atoms with Gasteiger partial charge in [0.15, 0.2) is 11.5 Å². The van der Waals surface area contributed by atoms with E-state index in [0.717, 1.165) is 18.4 Å². The first-order valence-corrected chi connectivity index (χ1v) is 8.40. The molecule has 5 heteroatoms. The first-order chi connectivity index (χ1) is 10.7. The van der Waals surface area contributed by atoms with Crippen molar-refractivity contribution in [3.63, 3.8) is 0 Å². The smallest absolute Gasteiger partial charge is 0.179 e. The second kappa shape index (κ2) is 8.61. The van der Waals surface area contributed by atoms with E-state index in [1.54, 1.807) is 7.11 Å². The molecule has 124 valence electrons. The summed E-state index contributed by atoms with van der Waals surface area (Å²) in [5.41, 5.74) is 1.07. The normalized spacial score (nSPS) is 21.6. The molecule has 0 aliphatic heterocycles. The first-order valence-electron chi connectivity index (χ1n) is 8.03. The van der Waals surface area contributed by atoms with Crippen LogP contribution in [0, 0.1) is 5.92 Å². The molecule has 0 heterocycles. The molecule has 1 fully saturated rings. The quantitative estimate of drug-likeness (QED) is 0.806. The van der Waals surface area contributed by atoms with E-state index in [0.29, 0.717) is 41.6 Å². The van der Waals surface area contributed by atoms with Gasteiger partial charge in [-0.2, -0.15) is 0 Å². The minimum Gasteiger partial charge on any atom is -0.491 e. The summed E-state index contributed by atoms with van der Waals surface area (Å²) >= 11 is 6.28. The summed E-state index contributed by atoms with van der Waals surface area (Å²) in [5.74, 6) is 1.61. The number of aliphatic hydroxyl groups excluding tert-OH is 1. The molecule has 4 nitrogen and oxygen atoms in total. The lowest BCUT2D eigenvalue weighted by Gasteiger charge is -2.31. The summed E-state index contributed by atoms with van der Waals surface area (Å²) in [6.45, 7) is 3.47. The Morgan fingerprint density at radius 2 is 2.09 bits per heavy atom. The molecule has 1 aromatic carbocycles. The Hall–Kier alpha value is -0.970. The monoisotopic (exact) mass is 327 g/mol. The van der Waals surface area contributed by atoms with Crippen molar-refractivity contribution in [1.29, 1.82) is 0 Å². The molecule has 0 spiro atoms. The van der Waals surface area contributed by atoms with Gasteiger partial charge in [-0.3, -0.25) is 0 Å². The van der Waals surface area contributed by atoms with E-state index in [1.807, 2.05) is 19.1 Å². The predicted molar refractivity (Wildman–Crippen MR) is 88.8 cm³/mol. The number of ether oxygens (including phenoxy) is 2. The number of halogens is 1. The Bertz CT molecular complexity index is 481. The van der Waals surface area contributed by atoms with Crippen LogP contribution >= 0.6 is 11.6 Å². The largest absolute Gasteiger partial charge is 0.491 e. The van der Waals surface area contributed by atoms with Crippen molar-refractivity contribution < 1.29 is 14.6 Å². The van der Waals surface area contributed by atoms with Crippen LogP contribution in [0.5, 0.6) is 11.5 Å². The van der Waals surface area contributed by atoms with Gasteiger partial charge in [0.2, 0.25) is 0 Å². The van der Waals surface area contributed by atoms with E-state index in [1.165, 1.54) is 12.8 Å². The molecule has 1 saturated carbocycles. The number of rotatable bonds is 7. The zero-order valence-corrected chi connectivity index (χ0v) is 14.2. The summed E-state index contributed by atoms with van der Waals surface area (Å²) in [5, 5.41) is 13.6. The molecule has 1 aliphatic carbocycles. The third-order valence-corrected chi connectivity index (χ3v) is 4.57. The van der Waals surface area contributed by atoms with Crippen LogP contribution in [-0.2, 0) is 6.54 Å². The van der Waals surface area contributed by atoms with Crippen LogP contribution in [0.2, 0.25) is 5.02 Å². The first kappa shape index (κ1) is 17.4. The zero-order chi connectivity index (χ0) is 15.9. The SMILES string of the molecule is CCOc1cc(CNC2CCCCC2CO)cc(Cl)c1OC. The van der Waals surface area contributed by atoms with E-state index in [-0.39, 0.29) is 6.61 Å². The highest BCUT2D eigenvalue weighted by molar-refractivity contribution is 6.32. The van der Waals surface area contributed by atoms with Crippen molar-refractivity contribution in [2.45, 2.75) is 45.2 Å². The van der Waals surface area contributed by atoms with Crippen molar-refractivity contribution in [1.82, 2.24) is 5.32 Å². The molecule has 2 unspecified atom stereocenters. The highest BCUT2D eigenvalue weighted by Gasteiger charge is 2.24. The van der Waals surface area contributed by atoms with Gasteiger partial charge in [0.1, 0.15) is 0 Å². The van der Waals surface area contributed by atoms with E-state index < -0.39 is 0 Å². The fourth-order valence-corrected chi connectivity index (χ4v) is 3.44. The molecule has 0 aromatic heterocycles. The second-order valence-corrected chi connectivity index (χ2v) is 6.16. The maximum atomic E-state index is 9.49. The molecular formula is C17H26ClNO3. The van der Waals surface area contributed by atoms with Crippen LogP contribution in [0.4, 0.5) is 0 Å². The fraction of sp³-hybridized carbons (Fsp3) is 0.647. The minimum absolute atomic E-state index is 0.255. The standard InChI is InChI=1S/C17H26ClNO3/c1-3-22-16-9-12(8-14(18)17(16)21-2)10-19-15-7-5-4-6-13(15)11-20/h8-9,13,15,19-20H,3-7,10-11H2,1-2H3. The maximum absolute atomic E-state index is 9.49. The van der Waals surface area contributed by atoms with Crippen molar-refractivity contribution in [3.05, 3.63) is 22.7 Å². The third-order valence-electron chi connectivity index (χ3n) is 4.29. The van der Waals surface area contributed by atoms with Gasteiger partial charge < -0.3 is 19.9 Å². The highest BCUT2D eigenvalue weighted by Crippen LogP contribution is 2.36. The highest BCUT2D eigenvalue weighted by atomic mass is 35.5. The lowest BCUT2D eigenvalue weighted by Crippen LogP contribution is -2.39. The second-order valence-electron chi connectivity index (χ2n) is 5.76. The van der Waals surface area contributed by atoms with Crippen LogP contribution in [0.3, 0.4) is 0 Å². The van der Waals surface area contributed by atoms with Gasteiger partial charge in [0.05, 0.1) is 18.7 Å². The Morgan fingerprint density at radius 3 is 2.77 bits per heavy atom. The summed E-state index contributed by atoms with van der Waals surface area (Å²) in [7, 11) is 1.59. The van der Waals surface area contributed by atoms with Gasteiger partial charge in [0, 0.05) is 19.2 Å². The molecule has 0 bridgehead atoms. The number of benzene rings is 1.